The largest absolute Gasteiger partial charge is 0.481 e. The van der Waals surface area contributed by atoms with Gasteiger partial charge in [0.2, 0.25) is 16.9 Å². The van der Waals surface area contributed by atoms with Crippen LogP contribution in [0, 0.1) is 5.82 Å². The molecule has 4 rings (SSSR count). The molecule has 0 aliphatic heterocycles. The van der Waals surface area contributed by atoms with E-state index in [1.807, 2.05) is 30.3 Å². The van der Waals surface area contributed by atoms with Crippen LogP contribution < -0.4 is 10.2 Å². The van der Waals surface area contributed by atoms with Gasteiger partial charge in [0.15, 0.2) is 11.5 Å². The first kappa shape index (κ1) is 22.7. The number of hydrogen-bond donors (Lipinski definition) is 0. The minimum Gasteiger partial charge on any atom is -0.481 e. The first-order chi connectivity index (χ1) is 16.5. The summed E-state index contributed by atoms with van der Waals surface area (Å²) in [7, 11) is 1.34. The highest BCUT2D eigenvalue weighted by Crippen LogP contribution is 2.23. The maximum atomic E-state index is 13.2. The Bertz CT molecular complexity index is 1360. The molecule has 0 saturated carbocycles. The van der Waals surface area contributed by atoms with Crippen LogP contribution in [-0.2, 0) is 17.9 Å². The average molecular weight is 461 g/mol. The van der Waals surface area contributed by atoms with Crippen molar-refractivity contribution in [3.05, 3.63) is 123 Å². The highest BCUT2D eigenvalue weighted by molar-refractivity contribution is 6.07. The van der Waals surface area contributed by atoms with E-state index in [1.165, 1.54) is 31.5 Å². The molecule has 4 aromatic rings. The average Bonchev–Trinajstić information content (AvgIpc) is 3.32. The molecular formula is C26H20FNO6. The van der Waals surface area contributed by atoms with Gasteiger partial charge in [0.05, 0.1) is 0 Å². The van der Waals surface area contributed by atoms with Gasteiger partial charge in [-0.1, -0.05) is 47.6 Å². The third-order valence-corrected chi connectivity index (χ3v) is 4.82. The van der Waals surface area contributed by atoms with E-state index in [0.29, 0.717) is 12.2 Å². The summed E-state index contributed by atoms with van der Waals surface area (Å²) in [4.78, 5) is 30.6. The molecule has 0 atom stereocenters. The monoisotopic (exact) mass is 461 g/mol. The molecule has 0 aliphatic carbocycles. The van der Waals surface area contributed by atoms with Gasteiger partial charge in [-0.25, -0.2) is 4.39 Å². The highest BCUT2D eigenvalue weighted by atomic mass is 19.1. The molecule has 172 valence electrons. The van der Waals surface area contributed by atoms with E-state index >= 15 is 0 Å². The standard InChI is InChI=1S/C26H20FNO6/c1-31-28-15-21-14-22(29)25(32-16-18-5-3-2-4-6-18)26(34-21)24(30)23-12-11-20(33-23)13-17-7-9-19(27)10-8-17/h2-12,14-15H,13,16H2,1H3. The lowest BCUT2D eigenvalue weighted by Gasteiger charge is -2.09. The number of oxime groups is 1. The molecule has 8 heteroatoms. The Balaban J connectivity index is 1.64. The molecule has 0 saturated heterocycles. The predicted octanol–water partition coefficient (Wildman–Crippen LogP) is 4.75. The Hall–Kier alpha value is -4.46. The molecule has 0 spiro atoms. The Labute approximate surface area is 194 Å². The van der Waals surface area contributed by atoms with Gasteiger partial charge in [-0.2, -0.15) is 0 Å². The van der Waals surface area contributed by atoms with Crippen LogP contribution >= 0.6 is 0 Å². The minimum absolute atomic E-state index is 0.0142. The molecule has 0 fully saturated rings. The fourth-order valence-electron chi connectivity index (χ4n) is 3.19. The van der Waals surface area contributed by atoms with Gasteiger partial charge in [0.25, 0.3) is 5.78 Å². The second kappa shape index (κ2) is 10.4. The summed E-state index contributed by atoms with van der Waals surface area (Å²) in [6.45, 7) is 0.0609. The van der Waals surface area contributed by atoms with Gasteiger partial charge in [-0.3, -0.25) is 9.59 Å². The van der Waals surface area contributed by atoms with Crippen molar-refractivity contribution in [2.24, 2.45) is 5.16 Å². The van der Waals surface area contributed by atoms with Crippen LogP contribution in [0.1, 0.15) is 39.0 Å². The summed E-state index contributed by atoms with van der Waals surface area (Å²) >= 11 is 0. The van der Waals surface area contributed by atoms with E-state index in [1.54, 1.807) is 18.2 Å². The summed E-state index contributed by atoms with van der Waals surface area (Å²) in [5, 5.41) is 3.58. The molecule has 0 radical (unpaired) electrons. The lowest BCUT2D eigenvalue weighted by atomic mass is 10.1. The van der Waals surface area contributed by atoms with Crippen molar-refractivity contribution in [1.29, 1.82) is 0 Å². The summed E-state index contributed by atoms with van der Waals surface area (Å²) in [5.74, 6) is -1.09. The summed E-state index contributed by atoms with van der Waals surface area (Å²) in [6.07, 6.45) is 1.52. The molecular weight excluding hydrogens is 441 g/mol. The van der Waals surface area contributed by atoms with Gasteiger partial charge in [-0.15, -0.1) is 0 Å². The number of ether oxygens (including phenoxy) is 1. The van der Waals surface area contributed by atoms with Crippen LogP contribution in [0.2, 0.25) is 0 Å². The number of nitrogens with zero attached hydrogens (tertiary/aromatic N) is 1. The van der Waals surface area contributed by atoms with E-state index in [4.69, 9.17) is 13.6 Å². The van der Waals surface area contributed by atoms with Crippen LogP contribution in [0.3, 0.4) is 0 Å². The summed E-state index contributed by atoms with van der Waals surface area (Å²) in [5.41, 5.74) is 1.07. The number of carbonyl (C=O) groups is 1. The quantitative estimate of drug-likeness (QED) is 0.203. The molecule has 0 amide bonds. The zero-order chi connectivity index (χ0) is 23.9. The number of benzene rings is 2. The van der Waals surface area contributed by atoms with Crippen LogP contribution in [0.25, 0.3) is 0 Å². The lowest BCUT2D eigenvalue weighted by molar-refractivity contribution is 0.0970. The van der Waals surface area contributed by atoms with Crippen molar-refractivity contribution in [3.8, 4) is 5.75 Å². The summed E-state index contributed by atoms with van der Waals surface area (Å²) < 4.78 is 30.2. The Morgan fingerprint density at radius 2 is 1.76 bits per heavy atom. The zero-order valence-corrected chi connectivity index (χ0v) is 18.2. The highest BCUT2D eigenvalue weighted by Gasteiger charge is 2.25. The van der Waals surface area contributed by atoms with Crippen LogP contribution in [-0.4, -0.2) is 19.1 Å². The SMILES string of the molecule is CON=Cc1cc(=O)c(OCc2ccccc2)c(C(=O)c2ccc(Cc3ccc(F)cc3)o2)o1. The van der Waals surface area contributed by atoms with Crippen LogP contribution in [0.15, 0.2) is 91.6 Å². The molecule has 0 bridgehead atoms. The number of furan rings is 1. The van der Waals surface area contributed by atoms with Crippen molar-refractivity contribution in [3.63, 3.8) is 0 Å². The van der Waals surface area contributed by atoms with Crippen molar-refractivity contribution >= 4 is 12.0 Å². The predicted molar refractivity (Wildman–Crippen MR) is 122 cm³/mol. The molecule has 2 heterocycles. The maximum Gasteiger partial charge on any atom is 0.267 e. The van der Waals surface area contributed by atoms with Gasteiger partial charge in [0, 0.05) is 12.5 Å². The van der Waals surface area contributed by atoms with Gasteiger partial charge >= 0.3 is 0 Å². The van der Waals surface area contributed by atoms with E-state index in [2.05, 4.69) is 9.99 Å². The molecule has 0 aliphatic rings. The molecule has 7 nitrogen and oxygen atoms in total. The van der Waals surface area contributed by atoms with E-state index in [-0.39, 0.29) is 35.5 Å². The minimum atomic E-state index is -0.668. The topological polar surface area (TPSA) is 91.2 Å². The van der Waals surface area contributed by atoms with Crippen molar-refractivity contribution in [1.82, 2.24) is 0 Å². The first-order valence-corrected chi connectivity index (χ1v) is 10.3. The van der Waals surface area contributed by atoms with Crippen molar-refractivity contribution in [2.75, 3.05) is 7.11 Å². The van der Waals surface area contributed by atoms with Crippen molar-refractivity contribution in [2.45, 2.75) is 13.0 Å². The van der Waals surface area contributed by atoms with Gasteiger partial charge in [-0.05, 0) is 35.4 Å². The maximum absolute atomic E-state index is 13.2. The van der Waals surface area contributed by atoms with Gasteiger partial charge < -0.3 is 18.4 Å². The third-order valence-electron chi connectivity index (χ3n) is 4.82. The fraction of sp³-hybridized carbons (Fsp3) is 0.115. The molecule has 2 aromatic heterocycles. The number of carbonyl (C=O) groups excluding carboxylic acids is 1. The lowest BCUT2D eigenvalue weighted by Crippen LogP contribution is -2.15. The van der Waals surface area contributed by atoms with E-state index in [0.717, 1.165) is 17.2 Å². The Morgan fingerprint density at radius 1 is 1.00 bits per heavy atom. The number of hydrogen-bond acceptors (Lipinski definition) is 7. The fourth-order valence-corrected chi connectivity index (χ4v) is 3.19. The molecule has 0 N–H and O–H groups in total. The second-order valence-electron chi connectivity index (χ2n) is 7.26. The molecule has 2 aromatic carbocycles. The van der Waals surface area contributed by atoms with E-state index < -0.39 is 11.2 Å². The van der Waals surface area contributed by atoms with Gasteiger partial charge in [0.1, 0.15) is 31.5 Å². The Morgan fingerprint density at radius 3 is 2.50 bits per heavy atom. The first-order valence-electron chi connectivity index (χ1n) is 10.3. The number of ketones is 1. The normalized spacial score (nSPS) is 11.0. The van der Waals surface area contributed by atoms with Crippen molar-refractivity contribution < 1.29 is 27.6 Å². The number of halogens is 1. The van der Waals surface area contributed by atoms with Crippen LogP contribution in [0.5, 0.6) is 5.75 Å². The molecule has 0 unspecified atom stereocenters. The van der Waals surface area contributed by atoms with Crippen LogP contribution in [0.4, 0.5) is 4.39 Å². The third kappa shape index (κ3) is 5.47. The Kier molecular flexibility index (Phi) is 6.98. The smallest absolute Gasteiger partial charge is 0.267 e. The zero-order valence-electron chi connectivity index (χ0n) is 18.2. The number of rotatable bonds is 9. The second-order valence-corrected chi connectivity index (χ2v) is 7.26. The van der Waals surface area contributed by atoms with E-state index in [9.17, 15) is 14.0 Å². The summed E-state index contributed by atoms with van der Waals surface area (Å²) in [6, 6.07) is 19.4. The molecule has 34 heavy (non-hydrogen) atoms.